The van der Waals surface area contributed by atoms with Crippen LogP contribution in [0.25, 0.3) is 0 Å². The SMILES string of the molecule is Cc1ccc(NC(C(=O)c2ccco2)c2ccco2)cc1. The van der Waals surface area contributed by atoms with E-state index in [2.05, 4.69) is 5.32 Å². The molecule has 21 heavy (non-hydrogen) atoms. The maximum absolute atomic E-state index is 12.6. The van der Waals surface area contributed by atoms with Gasteiger partial charge in [0.05, 0.1) is 12.5 Å². The number of carbonyl (C=O) groups excluding carboxylic acids is 1. The summed E-state index contributed by atoms with van der Waals surface area (Å²) >= 11 is 0. The van der Waals surface area contributed by atoms with Crippen LogP contribution in [0.5, 0.6) is 0 Å². The van der Waals surface area contributed by atoms with E-state index in [9.17, 15) is 4.79 Å². The van der Waals surface area contributed by atoms with Crippen molar-refractivity contribution in [2.24, 2.45) is 0 Å². The highest BCUT2D eigenvalue weighted by molar-refractivity contribution is 5.99. The van der Waals surface area contributed by atoms with Gasteiger partial charge in [0.2, 0.25) is 5.78 Å². The maximum Gasteiger partial charge on any atom is 0.227 e. The molecule has 4 heteroatoms. The number of benzene rings is 1. The van der Waals surface area contributed by atoms with Gasteiger partial charge in [0.25, 0.3) is 0 Å². The van der Waals surface area contributed by atoms with Gasteiger partial charge in [0, 0.05) is 5.69 Å². The number of anilines is 1. The van der Waals surface area contributed by atoms with Gasteiger partial charge in [-0.15, -0.1) is 0 Å². The second kappa shape index (κ2) is 5.71. The summed E-state index contributed by atoms with van der Waals surface area (Å²) in [5, 5.41) is 3.19. The van der Waals surface area contributed by atoms with Gasteiger partial charge >= 0.3 is 0 Å². The fourth-order valence-electron chi connectivity index (χ4n) is 2.10. The Kier molecular flexibility index (Phi) is 3.60. The van der Waals surface area contributed by atoms with Gasteiger partial charge in [-0.3, -0.25) is 4.79 Å². The summed E-state index contributed by atoms with van der Waals surface area (Å²) in [5.41, 5.74) is 2.01. The first-order valence-corrected chi connectivity index (χ1v) is 6.68. The fourth-order valence-corrected chi connectivity index (χ4v) is 2.10. The average Bonchev–Trinajstić information content (AvgIpc) is 3.19. The topological polar surface area (TPSA) is 55.4 Å². The monoisotopic (exact) mass is 281 g/mol. The van der Waals surface area contributed by atoms with E-state index in [1.807, 2.05) is 31.2 Å². The van der Waals surface area contributed by atoms with Crippen molar-refractivity contribution in [3.8, 4) is 0 Å². The Morgan fingerprint density at radius 2 is 1.71 bits per heavy atom. The number of hydrogen-bond donors (Lipinski definition) is 1. The number of Topliss-reactive ketones (excluding diaryl/α,β-unsaturated/α-hetero) is 1. The predicted molar refractivity (Wildman–Crippen MR) is 79.3 cm³/mol. The molecule has 0 saturated heterocycles. The number of rotatable bonds is 5. The molecule has 1 N–H and O–H groups in total. The summed E-state index contributed by atoms with van der Waals surface area (Å²) in [6.45, 7) is 2.02. The molecule has 3 rings (SSSR count). The van der Waals surface area contributed by atoms with E-state index in [4.69, 9.17) is 8.83 Å². The number of carbonyl (C=O) groups is 1. The molecule has 1 atom stereocenters. The third kappa shape index (κ3) is 2.89. The van der Waals surface area contributed by atoms with Gasteiger partial charge < -0.3 is 14.2 Å². The van der Waals surface area contributed by atoms with Gasteiger partial charge in [-0.2, -0.15) is 0 Å². The van der Waals surface area contributed by atoms with Crippen molar-refractivity contribution in [1.82, 2.24) is 0 Å². The fraction of sp³-hybridized carbons (Fsp3) is 0.118. The summed E-state index contributed by atoms with van der Waals surface area (Å²) in [6, 6.07) is 14.1. The number of hydrogen-bond acceptors (Lipinski definition) is 4. The van der Waals surface area contributed by atoms with Gasteiger partial charge in [0.1, 0.15) is 5.76 Å². The second-order valence-corrected chi connectivity index (χ2v) is 4.80. The lowest BCUT2D eigenvalue weighted by Gasteiger charge is -2.16. The van der Waals surface area contributed by atoms with E-state index in [0.29, 0.717) is 11.5 Å². The molecule has 0 aliphatic rings. The Hall–Kier alpha value is -2.75. The van der Waals surface area contributed by atoms with Crippen LogP contribution in [0.4, 0.5) is 5.69 Å². The predicted octanol–water partition coefficient (Wildman–Crippen LogP) is 4.22. The minimum atomic E-state index is -0.617. The lowest BCUT2D eigenvalue weighted by Crippen LogP contribution is -2.20. The molecule has 0 radical (unpaired) electrons. The van der Waals surface area contributed by atoms with Crippen LogP contribution in [0.1, 0.15) is 27.9 Å². The third-order valence-corrected chi connectivity index (χ3v) is 3.22. The lowest BCUT2D eigenvalue weighted by molar-refractivity contribution is 0.0934. The highest BCUT2D eigenvalue weighted by Crippen LogP contribution is 2.24. The summed E-state index contributed by atoms with van der Waals surface area (Å²) < 4.78 is 10.6. The summed E-state index contributed by atoms with van der Waals surface area (Å²) in [5.74, 6) is 0.684. The Labute approximate surface area is 122 Å². The van der Waals surface area contributed by atoms with E-state index >= 15 is 0 Å². The molecule has 4 nitrogen and oxygen atoms in total. The zero-order valence-electron chi connectivity index (χ0n) is 11.6. The molecule has 0 saturated carbocycles. The zero-order chi connectivity index (χ0) is 14.7. The van der Waals surface area contributed by atoms with Crippen molar-refractivity contribution < 1.29 is 13.6 Å². The van der Waals surface area contributed by atoms with Crippen molar-refractivity contribution >= 4 is 11.5 Å². The Balaban J connectivity index is 1.90. The highest BCUT2D eigenvalue weighted by Gasteiger charge is 2.26. The lowest BCUT2D eigenvalue weighted by atomic mass is 10.1. The van der Waals surface area contributed by atoms with E-state index in [1.165, 1.54) is 6.26 Å². The Morgan fingerprint density at radius 3 is 2.33 bits per heavy atom. The van der Waals surface area contributed by atoms with Crippen molar-refractivity contribution in [2.75, 3.05) is 5.32 Å². The smallest absolute Gasteiger partial charge is 0.227 e. The van der Waals surface area contributed by atoms with Gasteiger partial charge in [-0.1, -0.05) is 17.7 Å². The summed E-state index contributed by atoms with van der Waals surface area (Å²) in [4.78, 5) is 12.6. The van der Waals surface area contributed by atoms with Crippen LogP contribution in [0.15, 0.2) is 69.9 Å². The van der Waals surface area contributed by atoms with Gasteiger partial charge in [-0.25, -0.2) is 0 Å². The van der Waals surface area contributed by atoms with Crippen molar-refractivity contribution in [2.45, 2.75) is 13.0 Å². The normalized spacial score (nSPS) is 12.0. The van der Waals surface area contributed by atoms with Crippen molar-refractivity contribution in [3.05, 3.63) is 78.1 Å². The molecule has 1 unspecified atom stereocenters. The molecule has 0 amide bonds. The molecule has 3 aromatic rings. The molecule has 0 spiro atoms. The number of furan rings is 2. The van der Waals surface area contributed by atoms with E-state index < -0.39 is 6.04 Å². The maximum atomic E-state index is 12.6. The van der Waals surface area contributed by atoms with Crippen LogP contribution in [0.3, 0.4) is 0 Å². The van der Waals surface area contributed by atoms with E-state index in [0.717, 1.165) is 11.3 Å². The quantitative estimate of drug-likeness (QED) is 0.711. The van der Waals surface area contributed by atoms with Crippen molar-refractivity contribution in [3.63, 3.8) is 0 Å². The minimum Gasteiger partial charge on any atom is -0.467 e. The molecular formula is C17H15NO3. The van der Waals surface area contributed by atoms with Crippen LogP contribution in [0.2, 0.25) is 0 Å². The van der Waals surface area contributed by atoms with Crippen LogP contribution >= 0.6 is 0 Å². The number of nitrogens with one attached hydrogen (secondary N) is 1. The number of ketones is 1. The van der Waals surface area contributed by atoms with Crippen LogP contribution in [-0.2, 0) is 0 Å². The summed E-state index contributed by atoms with van der Waals surface area (Å²) in [6.07, 6.45) is 3.03. The first-order valence-electron chi connectivity index (χ1n) is 6.68. The second-order valence-electron chi connectivity index (χ2n) is 4.80. The molecule has 0 fully saturated rings. The van der Waals surface area contributed by atoms with Crippen LogP contribution in [0, 0.1) is 6.92 Å². The molecule has 1 aromatic carbocycles. The molecule has 2 aromatic heterocycles. The average molecular weight is 281 g/mol. The largest absolute Gasteiger partial charge is 0.467 e. The first-order chi connectivity index (χ1) is 10.2. The Bertz CT molecular complexity index is 697. The first kappa shape index (κ1) is 13.2. The highest BCUT2D eigenvalue weighted by atomic mass is 16.3. The standard InChI is InChI=1S/C17H15NO3/c1-12-6-8-13(9-7-12)18-16(14-4-2-10-20-14)17(19)15-5-3-11-21-15/h2-11,16,18H,1H3. The number of aryl methyl sites for hydroxylation is 1. The van der Waals surface area contributed by atoms with E-state index in [-0.39, 0.29) is 5.78 Å². The molecule has 0 bridgehead atoms. The molecular weight excluding hydrogens is 266 g/mol. The van der Waals surface area contributed by atoms with Crippen LogP contribution in [-0.4, -0.2) is 5.78 Å². The summed E-state index contributed by atoms with van der Waals surface area (Å²) in [7, 11) is 0. The molecule has 106 valence electrons. The van der Waals surface area contributed by atoms with Crippen LogP contribution < -0.4 is 5.32 Å². The molecule has 2 heterocycles. The van der Waals surface area contributed by atoms with E-state index in [1.54, 1.807) is 30.5 Å². The molecule has 0 aliphatic carbocycles. The Morgan fingerprint density at radius 1 is 1.00 bits per heavy atom. The van der Waals surface area contributed by atoms with Gasteiger partial charge in [0.15, 0.2) is 11.8 Å². The van der Waals surface area contributed by atoms with Crippen molar-refractivity contribution in [1.29, 1.82) is 0 Å². The zero-order valence-corrected chi connectivity index (χ0v) is 11.6. The third-order valence-electron chi connectivity index (χ3n) is 3.22. The minimum absolute atomic E-state index is 0.171. The van der Waals surface area contributed by atoms with Gasteiger partial charge in [-0.05, 0) is 43.3 Å². The molecule has 0 aliphatic heterocycles.